The number of aromatic nitrogens is 3. The Labute approximate surface area is 183 Å². The van der Waals surface area contributed by atoms with Crippen LogP contribution in [0, 0.1) is 6.92 Å². The highest BCUT2D eigenvalue weighted by molar-refractivity contribution is 5.60. The molecule has 31 heavy (non-hydrogen) atoms. The molecule has 1 N–H and O–H groups in total. The largest absolute Gasteiger partial charge is 0.497 e. The van der Waals surface area contributed by atoms with Crippen molar-refractivity contribution in [3.8, 4) is 17.0 Å². The Morgan fingerprint density at radius 1 is 0.871 bits per heavy atom. The summed E-state index contributed by atoms with van der Waals surface area (Å²) in [4.78, 5) is 1.80. The van der Waals surface area contributed by atoms with E-state index in [4.69, 9.17) is 14.9 Å². The first-order valence-corrected chi connectivity index (χ1v) is 10.6. The molecule has 1 heterocycles. The van der Waals surface area contributed by atoms with Gasteiger partial charge < -0.3 is 10.1 Å². The van der Waals surface area contributed by atoms with Crippen LogP contribution < -0.4 is 10.1 Å². The summed E-state index contributed by atoms with van der Waals surface area (Å²) in [6, 6.07) is 27.0. The van der Waals surface area contributed by atoms with Gasteiger partial charge in [-0.15, -0.1) is 0 Å². The third kappa shape index (κ3) is 5.58. The Kier molecular flexibility index (Phi) is 6.75. The van der Waals surface area contributed by atoms with Gasteiger partial charge in [-0.05, 0) is 43.1 Å². The number of nitrogens with one attached hydrogen (secondary N) is 1. The zero-order valence-electron chi connectivity index (χ0n) is 18.1. The lowest BCUT2D eigenvalue weighted by atomic mass is 10.1. The predicted molar refractivity (Wildman–Crippen MR) is 124 cm³/mol. The van der Waals surface area contributed by atoms with E-state index in [0.29, 0.717) is 13.1 Å². The highest BCUT2D eigenvalue weighted by atomic mass is 16.5. The van der Waals surface area contributed by atoms with E-state index in [-0.39, 0.29) is 0 Å². The van der Waals surface area contributed by atoms with Gasteiger partial charge in [-0.1, -0.05) is 72.3 Å². The molecule has 0 atom stereocenters. The van der Waals surface area contributed by atoms with Gasteiger partial charge in [0.15, 0.2) is 0 Å². The van der Waals surface area contributed by atoms with Gasteiger partial charge in [-0.25, -0.2) is 0 Å². The average molecular weight is 413 g/mol. The molecule has 4 rings (SSSR count). The van der Waals surface area contributed by atoms with E-state index >= 15 is 0 Å². The number of hydrogen-bond acceptors (Lipinski definition) is 4. The Morgan fingerprint density at radius 2 is 1.68 bits per heavy atom. The van der Waals surface area contributed by atoms with Crippen molar-refractivity contribution in [3.05, 3.63) is 101 Å². The number of rotatable bonds is 9. The first-order valence-electron chi connectivity index (χ1n) is 10.6. The second kappa shape index (κ2) is 10.0. The van der Waals surface area contributed by atoms with Crippen LogP contribution in [0.15, 0.2) is 78.9 Å². The van der Waals surface area contributed by atoms with Crippen LogP contribution >= 0.6 is 0 Å². The van der Waals surface area contributed by atoms with Crippen molar-refractivity contribution in [1.29, 1.82) is 0 Å². The molecule has 0 fully saturated rings. The maximum absolute atomic E-state index is 5.23. The summed E-state index contributed by atoms with van der Waals surface area (Å²) >= 11 is 0. The molecule has 0 aliphatic rings. The molecule has 1 aromatic heterocycles. The molecule has 158 valence electrons. The summed E-state index contributed by atoms with van der Waals surface area (Å²) in [6.45, 7) is 4.31. The number of ether oxygens (including phenoxy) is 1. The summed E-state index contributed by atoms with van der Waals surface area (Å²) in [5, 5.41) is 13.1. The summed E-state index contributed by atoms with van der Waals surface area (Å²) < 4.78 is 5.23. The topological polar surface area (TPSA) is 52.0 Å². The van der Waals surface area contributed by atoms with Crippen LogP contribution in [-0.2, 0) is 19.5 Å². The van der Waals surface area contributed by atoms with Crippen LogP contribution in [0.25, 0.3) is 11.3 Å². The lowest BCUT2D eigenvalue weighted by molar-refractivity contribution is 0.414. The number of hydrogen-bond donors (Lipinski definition) is 1. The Bertz CT molecular complexity index is 1100. The zero-order valence-corrected chi connectivity index (χ0v) is 18.1. The van der Waals surface area contributed by atoms with Gasteiger partial charge in [0, 0.05) is 12.1 Å². The minimum atomic E-state index is 0.660. The molecule has 0 saturated heterocycles. The second-order valence-corrected chi connectivity index (χ2v) is 7.66. The van der Waals surface area contributed by atoms with Crippen molar-refractivity contribution >= 4 is 0 Å². The van der Waals surface area contributed by atoms with Crippen LogP contribution in [0.1, 0.15) is 22.4 Å². The van der Waals surface area contributed by atoms with Gasteiger partial charge in [-0.3, -0.25) is 0 Å². The highest BCUT2D eigenvalue weighted by Gasteiger charge is 2.13. The monoisotopic (exact) mass is 412 g/mol. The fraction of sp³-hybridized carbons (Fsp3) is 0.231. The smallest absolute Gasteiger partial charge is 0.118 e. The van der Waals surface area contributed by atoms with Crippen LogP contribution in [0.5, 0.6) is 5.75 Å². The van der Waals surface area contributed by atoms with E-state index in [1.807, 2.05) is 30.3 Å². The van der Waals surface area contributed by atoms with Gasteiger partial charge in [0.05, 0.1) is 13.7 Å². The molecule has 0 radical (unpaired) electrons. The fourth-order valence-corrected chi connectivity index (χ4v) is 3.60. The molecule has 4 aromatic rings. The molecule has 0 saturated carbocycles. The van der Waals surface area contributed by atoms with Crippen LogP contribution in [0.4, 0.5) is 0 Å². The highest BCUT2D eigenvalue weighted by Crippen LogP contribution is 2.20. The van der Waals surface area contributed by atoms with E-state index in [9.17, 15) is 0 Å². The summed E-state index contributed by atoms with van der Waals surface area (Å²) in [5.74, 6) is 0.884. The third-order valence-electron chi connectivity index (χ3n) is 5.22. The fourth-order valence-electron chi connectivity index (χ4n) is 3.60. The van der Waals surface area contributed by atoms with E-state index < -0.39 is 0 Å². The molecular formula is C26H28N4O. The minimum absolute atomic E-state index is 0.660. The number of nitrogens with zero attached hydrogens (tertiary/aromatic N) is 3. The van der Waals surface area contributed by atoms with Crippen molar-refractivity contribution < 1.29 is 4.74 Å². The van der Waals surface area contributed by atoms with Gasteiger partial charge in [0.1, 0.15) is 17.1 Å². The molecule has 0 aliphatic carbocycles. The van der Waals surface area contributed by atoms with Crippen molar-refractivity contribution in [3.63, 3.8) is 0 Å². The minimum Gasteiger partial charge on any atom is -0.497 e. The van der Waals surface area contributed by atoms with Crippen molar-refractivity contribution in [1.82, 2.24) is 20.3 Å². The molecule has 0 spiro atoms. The Morgan fingerprint density at radius 3 is 2.42 bits per heavy atom. The van der Waals surface area contributed by atoms with Crippen LogP contribution in [0.3, 0.4) is 0 Å². The van der Waals surface area contributed by atoms with Gasteiger partial charge >= 0.3 is 0 Å². The lowest BCUT2D eigenvalue weighted by Crippen LogP contribution is -2.17. The second-order valence-electron chi connectivity index (χ2n) is 7.66. The maximum Gasteiger partial charge on any atom is 0.118 e. The summed E-state index contributed by atoms with van der Waals surface area (Å²) in [5.41, 5.74) is 6.71. The third-order valence-corrected chi connectivity index (χ3v) is 5.22. The molecule has 5 nitrogen and oxygen atoms in total. The average Bonchev–Trinajstić information content (AvgIpc) is 3.20. The first kappa shape index (κ1) is 20.8. The quantitative estimate of drug-likeness (QED) is 0.407. The summed E-state index contributed by atoms with van der Waals surface area (Å²) in [7, 11) is 1.69. The summed E-state index contributed by atoms with van der Waals surface area (Å²) in [6.07, 6.45) is 0.947. The normalized spacial score (nSPS) is 10.9. The standard InChI is InChI=1S/C26H28N4O/c1-20-7-6-8-22(17-20)19-30-28-25(26(29-30)23-9-4-3-5-10-23)18-27-16-15-21-11-13-24(31-2)14-12-21/h3-14,17,27H,15-16,18-19H2,1-2H3. The maximum atomic E-state index is 5.23. The van der Waals surface area contributed by atoms with Gasteiger partial charge in [0.2, 0.25) is 0 Å². The lowest BCUT2D eigenvalue weighted by Gasteiger charge is -2.06. The molecule has 0 aliphatic heterocycles. The Hall–Kier alpha value is -3.44. The van der Waals surface area contributed by atoms with Gasteiger partial charge in [0.25, 0.3) is 0 Å². The van der Waals surface area contributed by atoms with E-state index in [1.165, 1.54) is 16.7 Å². The molecule has 0 bridgehead atoms. The van der Waals surface area contributed by atoms with E-state index in [1.54, 1.807) is 11.9 Å². The number of benzene rings is 3. The van der Waals surface area contributed by atoms with Crippen molar-refractivity contribution in [2.75, 3.05) is 13.7 Å². The molecule has 5 heteroatoms. The SMILES string of the molecule is COc1ccc(CCNCc2nn(Cc3cccc(C)c3)nc2-c2ccccc2)cc1. The predicted octanol–water partition coefficient (Wildman–Crippen LogP) is 4.64. The van der Waals surface area contributed by atoms with Crippen molar-refractivity contribution in [2.24, 2.45) is 0 Å². The number of methoxy groups -OCH3 is 1. The zero-order chi connectivity index (χ0) is 21.5. The first-order chi connectivity index (χ1) is 15.2. The molecular weight excluding hydrogens is 384 g/mol. The van der Waals surface area contributed by atoms with Crippen LogP contribution in [-0.4, -0.2) is 28.6 Å². The van der Waals surface area contributed by atoms with E-state index in [2.05, 4.69) is 60.8 Å². The molecule has 0 amide bonds. The molecule has 3 aromatic carbocycles. The Balaban J connectivity index is 1.45. The molecule has 0 unspecified atom stereocenters. The van der Waals surface area contributed by atoms with Crippen molar-refractivity contribution in [2.45, 2.75) is 26.4 Å². The van der Waals surface area contributed by atoms with Gasteiger partial charge in [-0.2, -0.15) is 15.0 Å². The van der Waals surface area contributed by atoms with E-state index in [0.717, 1.165) is 35.7 Å². The number of aryl methyl sites for hydroxylation is 1. The van der Waals surface area contributed by atoms with Crippen LogP contribution in [0.2, 0.25) is 0 Å².